The van der Waals surface area contributed by atoms with E-state index in [1.807, 2.05) is 53.3 Å². The van der Waals surface area contributed by atoms with E-state index in [9.17, 15) is 0 Å². The Morgan fingerprint density at radius 3 is 2.83 bits per heavy atom. The normalized spacial score (nSPS) is 10.8. The highest BCUT2D eigenvalue weighted by molar-refractivity contribution is 9.10. The van der Waals surface area contributed by atoms with Crippen LogP contribution >= 0.6 is 15.9 Å². The molecule has 0 aliphatic rings. The molecule has 0 N–H and O–H groups in total. The molecule has 1 aromatic heterocycles. The van der Waals surface area contributed by atoms with Crippen molar-refractivity contribution in [1.29, 1.82) is 0 Å². The predicted octanol–water partition coefficient (Wildman–Crippen LogP) is 3.80. The molecule has 4 heteroatoms. The molecule has 0 saturated carbocycles. The van der Waals surface area contributed by atoms with Crippen LogP contribution in [0, 0.1) is 0 Å². The van der Waals surface area contributed by atoms with Crippen LogP contribution in [0.2, 0.25) is 0 Å². The van der Waals surface area contributed by atoms with Crippen molar-refractivity contribution < 1.29 is 4.74 Å². The second-order valence-electron chi connectivity index (χ2n) is 3.93. The third-order valence-electron chi connectivity index (χ3n) is 2.86. The van der Waals surface area contributed by atoms with Gasteiger partial charge in [-0.2, -0.15) is 5.10 Å². The fourth-order valence-electron chi connectivity index (χ4n) is 1.96. The Balaban J connectivity index is 2.22. The van der Waals surface area contributed by atoms with E-state index >= 15 is 0 Å². The summed E-state index contributed by atoms with van der Waals surface area (Å²) in [5.41, 5.74) is 2.06. The zero-order chi connectivity index (χ0) is 12.5. The van der Waals surface area contributed by atoms with E-state index in [1.165, 1.54) is 0 Å². The number of methoxy groups -OCH3 is 1. The zero-order valence-corrected chi connectivity index (χ0v) is 11.4. The molecule has 0 saturated heterocycles. The molecule has 0 unspecified atom stereocenters. The number of fused-ring (bicyclic) bond motifs is 1. The Morgan fingerprint density at radius 2 is 2.00 bits per heavy atom. The van der Waals surface area contributed by atoms with Crippen LogP contribution in [0.1, 0.15) is 0 Å². The van der Waals surface area contributed by atoms with Crippen molar-refractivity contribution >= 4 is 26.8 Å². The summed E-state index contributed by atoms with van der Waals surface area (Å²) in [5.74, 6) is 0.825. The van der Waals surface area contributed by atoms with Crippen molar-refractivity contribution in [3.8, 4) is 11.4 Å². The van der Waals surface area contributed by atoms with E-state index in [-0.39, 0.29) is 0 Å². The van der Waals surface area contributed by atoms with E-state index in [2.05, 4.69) is 21.0 Å². The molecular weight excluding hydrogens is 292 g/mol. The molecule has 0 bridgehead atoms. The standard InChI is InChI=1S/C14H11BrN2O/c1-18-11-5-2-4-10(8-11)17-14-7-3-6-13(15)12(14)9-16-17/h2-9H,1H3. The van der Waals surface area contributed by atoms with Gasteiger partial charge in [0, 0.05) is 15.9 Å². The number of ether oxygens (including phenoxy) is 1. The molecule has 3 aromatic rings. The summed E-state index contributed by atoms with van der Waals surface area (Å²) in [5, 5.41) is 5.53. The van der Waals surface area contributed by atoms with E-state index in [4.69, 9.17) is 4.74 Å². The summed E-state index contributed by atoms with van der Waals surface area (Å²) in [7, 11) is 1.66. The van der Waals surface area contributed by atoms with Gasteiger partial charge in [-0.05, 0) is 24.3 Å². The van der Waals surface area contributed by atoms with Gasteiger partial charge in [-0.25, -0.2) is 4.68 Å². The lowest BCUT2D eigenvalue weighted by Gasteiger charge is -2.06. The molecule has 2 aromatic carbocycles. The maximum Gasteiger partial charge on any atom is 0.121 e. The van der Waals surface area contributed by atoms with Crippen molar-refractivity contribution in [3.05, 3.63) is 53.1 Å². The molecule has 1 heterocycles. The number of rotatable bonds is 2. The molecule has 0 radical (unpaired) electrons. The first-order valence-electron chi connectivity index (χ1n) is 5.56. The van der Waals surface area contributed by atoms with Crippen molar-refractivity contribution in [1.82, 2.24) is 9.78 Å². The highest BCUT2D eigenvalue weighted by Crippen LogP contribution is 2.26. The third kappa shape index (κ3) is 1.78. The van der Waals surface area contributed by atoms with Gasteiger partial charge >= 0.3 is 0 Å². The molecule has 0 aliphatic carbocycles. The van der Waals surface area contributed by atoms with Gasteiger partial charge < -0.3 is 4.74 Å². The van der Waals surface area contributed by atoms with Crippen molar-refractivity contribution in [3.63, 3.8) is 0 Å². The summed E-state index contributed by atoms with van der Waals surface area (Å²) in [6.07, 6.45) is 1.86. The van der Waals surface area contributed by atoms with Gasteiger partial charge in [-0.1, -0.05) is 28.1 Å². The Hall–Kier alpha value is -1.81. The lowest BCUT2D eigenvalue weighted by Crippen LogP contribution is -1.96. The van der Waals surface area contributed by atoms with E-state index in [0.29, 0.717) is 0 Å². The SMILES string of the molecule is COc1cccc(-n2ncc3c(Br)cccc32)c1. The summed E-state index contributed by atoms with van der Waals surface area (Å²) in [4.78, 5) is 0. The number of hydrogen-bond donors (Lipinski definition) is 0. The molecule has 90 valence electrons. The molecule has 18 heavy (non-hydrogen) atoms. The Morgan fingerprint density at radius 1 is 1.17 bits per heavy atom. The Kier molecular flexibility index (Phi) is 2.80. The Bertz CT molecular complexity index is 706. The van der Waals surface area contributed by atoms with Gasteiger partial charge in [0.25, 0.3) is 0 Å². The highest BCUT2D eigenvalue weighted by atomic mass is 79.9. The van der Waals surface area contributed by atoms with Crippen LogP contribution in [0.4, 0.5) is 0 Å². The maximum absolute atomic E-state index is 5.24. The fourth-order valence-corrected chi connectivity index (χ4v) is 2.42. The lowest BCUT2D eigenvalue weighted by atomic mass is 10.2. The van der Waals surface area contributed by atoms with Crippen LogP contribution in [-0.2, 0) is 0 Å². The first kappa shape index (κ1) is 11.3. The minimum absolute atomic E-state index is 0.825. The number of hydrogen-bond acceptors (Lipinski definition) is 2. The molecule has 0 fully saturated rings. The van der Waals surface area contributed by atoms with Crippen LogP contribution in [0.3, 0.4) is 0 Å². The van der Waals surface area contributed by atoms with Crippen LogP contribution < -0.4 is 4.74 Å². The summed E-state index contributed by atoms with van der Waals surface area (Å²) in [6, 6.07) is 13.9. The van der Waals surface area contributed by atoms with Gasteiger partial charge in [0.15, 0.2) is 0 Å². The van der Waals surface area contributed by atoms with Gasteiger partial charge in [0.05, 0.1) is 24.5 Å². The number of aromatic nitrogens is 2. The summed E-state index contributed by atoms with van der Waals surface area (Å²) in [6.45, 7) is 0. The minimum Gasteiger partial charge on any atom is -0.497 e. The fraction of sp³-hybridized carbons (Fsp3) is 0.0714. The second kappa shape index (κ2) is 4.46. The number of nitrogens with zero attached hydrogens (tertiary/aromatic N) is 2. The van der Waals surface area contributed by atoms with E-state index < -0.39 is 0 Å². The van der Waals surface area contributed by atoms with Crippen molar-refractivity contribution in [2.75, 3.05) is 7.11 Å². The number of benzene rings is 2. The molecule has 0 amide bonds. The lowest BCUT2D eigenvalue weighted by molar-refractivity contribution is 0.414. The smallest absolute Gasteiger partial charge is 0.121 e. The quantitative estimate of drug-likeness (QED) is 0.720. The van der Waals surface area contributed by atoms with Crippen LogP contribution in [0.15, 0.2) is 53.1 Å². The first-order valence-corrected chi connectivity index (χ1v) is 6.35. The number of halogens is 1. The third-order valence-corrected chi connectivity index (χ3v) is 3.55. The molecule has 3 rings (SSSR count). The topological polar surface area (TPSA) is 27.1 Å². The molecular formula is C14H11BrN2O. The van der Waals surface area contributed by atoms with Gasteiger partial charge in [0.2, 0.25) is 0 Å². The van der Waals surface area contributed by atoms with Crippen molar-refractivity contribution in [2.45, 2.75) is 0 Å². The first-order chi connectivity index (χ1) is 8.79. The maximum atomic E-state index is 5.24. The largest absolute Gasteiger partial charge is 0.497 e. The summed E-state index contributed by atoms with van der Waals surface area (Å²) < 4.78 is 8.19. The highest BCUT2D eigenvalue weighted by Gasteiger charge is 2.07. The Labute approximate surface area is 113 Å². The summed E-state index contributed by atoms with van der Waals surface area (Å²) >= 11 is 3.53. The van der Waals surface area contributed by atoms with Gasteiger partial charge in [-0.3, -0.25) is 0 Å². The molecule has 0 atom stereocenters. The van der Waals surface area contributed by atoms with Gasteiger partial charge in [0.1, 0.15) is 5.75 Å². The minimum atomic E-state index is 0.825. The average molecular weight is 303 g/mol. The second-order valence-corrected chi connectivity index (χ2v) is 4.78. The van der Waals surface area contributed by atoms with Gasteiger partial charge in [-0.15, -0.1) is 0 Å². The molecule has 0 aliphatic heterocycles. The average Bonchev–Trinajstić information content (AvgIpc) is 2.84. The molecule has 3 nitrogen and oxygen atoms in total. The van der Waals surface area contributed by atoms with Crippen LogP contribution in [0.5, 0.6) is 5.75 Å². The van der Waals surface area contributed by atoms with E-state index in [1.54, 1.807) is 7.11 Å². The molecule has 0 spiro atoms. The van der Waals surface area contributed by atoms with Crippen LogP contribution in [0.25, 0.3) is 16.6 Å². The van der Waals surface area contributed by atoms with Crippen molar-refractivity contribution in [2.24, 2.45) is 0 Å². The zero-order valence-electron chi connectivity index (χ0n) is 9.80. The van der Waals surface area contributed by atoms with E-state index in [0.717, 1.165) is 26.8 Å². The monoisotopic (exact) mass is 302 g/mol. The van der Waals surface area contributed by atoms with Crippen LogP contribution in [-0.4, -0.2) is 16.9 Å². The predicted molar refractivity (Wildman–Crippen MR) is 75.3 cm³/mol.